The highest BCUT2D eigenvalue weighted by Gasteiger charge is 2.35. The second-order valence-corrected chi connectivity index (χ2v) is 8.96. The minimum absolute atomic E-state index is 0.0743. The van der Waals surface area contributed by atoms with Gasteiger partial charge in [0.05, 0.1) is 32.2 Å². The van der Waals surface area contributed by atoms with Gasteiger partial charge in [-0.3, -0.25) is 25.0 Å². The highest BCUT2D eigenvalue weighted by atomic mass is 35.6. The molecule has 0 heterocycles. The summed E-state index contributed by atoms with van der Waals surface area (Å²) >= 11 is 28.9. The zero-order chi connectivity index (χ0) is 23.3. The van der Waals surface area contributed by atoms with Gasteiger partial charge in [-0.05, 0) is 24.4 Å². The first-order valence-electron chi connectivity index (χ1n) is 8.02. The van der Waals surface area contributed by atoms with Gasteiger partial charge in [-0.25, -0.2) is 0 Å². The lowest BCUT2D eigenvalue weighted by molar-refractivity contribution is -0.394. The molecule has 31 heavy (non-hydrogen) atoms. The lowest BCUT2D eigenvalue weighted by atomic mass is 10.1. The molecule has 3 N–H and O–H groups in total. The summed E-state index contributed by atoms with van der Waals surface area (Å²) in [5.41, 5.74) is -1.28. The summed E-state index contributed by atoms with van der Waals surface area (Å²) in [6, 6.07) is 9.03. The molecule has 15 heteroatoms. The number of benzene rings is 2. The standard InChI is InChI=1S/C16H11Cl4N5O5S/c17-11-3-1-2-4-12(11)21-15(31)23-14(16(18,19)20)22-13(26)8-5-9(24(27)28)7-10(6-8)25(29)30/h1-7,14H,(H,22,26)(H2,21,23,31). The number of alkyl halides is 3. The van der Waals surface area contributed by atoms with Crippen LogP contribution < -0.4 is 16.0 Å². The zero-order valence-electron chi connectivity index (χ0n) is 15.0. The normalized spacial score (nSPS) is 11.9. The molecule has 164 valence electrons. The second kappa shape index (κ2) is 10.2. The van der Waals surface area contributed by atoms with Crippen LogP contribution in [0.3, 0.4) is 0 Å². The third-order valence-electron chi connectivity index (χ3n) is 3.59. The summed E-state index contributed by atoms with van der Waals surface area (Å²) in [4.78, 5) is 32.9. The number of carbonyl (C=O) groups excluding carboxylic acids is 1. The number of rotatable bonds is 6. The zero-order valence-corrected chi connectivity index (χ0v) is 18.8. The van der Waals surface area contributed by atoms with Crippen LogP contribution in [0.4, 0.5) is 17.1 Å². The molecule has 2 aromatic carbocycles. The van der Waals surface area contributed by atoms with Crippen molar-refractivity contribution in [1.29, 1.82) is 0 Å². The topological polar surface area (TPSA) is 139 Å². The number of non-ortho nitro benzene ring substituents is 2. The van der Waals surface area contributed by atoms with Crippen LogP contribution >= 0.6 is 58.6 Å². The van der Waals surface area contributed by atoms with Gasteiger partial charge in [0, 0.05) is 12.1 Å². The molecular formula is C16H11Cl4N5O5S. The molecule has 0 saturated heterocycles. The Balaban J connectivity index is 2.24. The van der Waals surface area contributed by atoms with Crippen molar-refractivity contribution in [3.63, 3.8) is 0 Å². The van der Waals surface area contributed by atoms with Crippen LogP contribution in [0.2, 0.25) is 5.02 Å². The Morgan fingerprint density at radius 3 is 2.03 bits per heavy atom. The Bertz CT molecular complexity index is 1020. The highest BCUT2D eigenvalue weighted by Crippen LogP contribution is 2.30. The van der Waals surface area contributed by atoms with Gasteiger partial charge in [-0.15, -0.1) is 0 Å². The van der Waals surface area contributed by atoms with Gasteiger partial charge >= 0.3 is 0 Å². The number of nitro groups is 2. The minimum Gasteiger partial charge on any atom is -0.339 e. The molecule has 0 saturated carbocycles. The van der Waals surface area contributed by atoms with Crippen molar-refractivity contribution >= 4 is 86.7 Å². The summed E-state index contributed by atoms with van der Waals surface area (Å²) in [6.45, 7) is 0. The van der Waals surface area contributed by atoms with Crippen LogP contribution in [0.5, 0.6) is 0 Å². The van der Waals surface area contributed by atoms with Crippen LogP contribution in [0.25, 0.3) is 0 Å². The second-order valence-electron chi connectivity index (χ2n) is 5.78. The SMILES string of the molecule is O=C(NC(NC(=S)Nc1ccccc1Cl)C(Cl)(Cl)Cl)c1cc([N+](=O)[O-])cc([N+](=O)[O-])c1. The van der Waals surface area contributed by atoms with Crippen LogP contribution in [0, 0.1) is 20.2 Å². The fourth-order valence-electron chi connectivity index (χ4n) is 2.20. The van der Waals surface area contributed by atoms with E-state index in [4.69, 9.17) is 58.6 Å². The number of amides is 1. The average Bonchev–Trinajstić information content (AvgIpc) is 2.68. The van der Waals surface area contributed by atoms with E-state index in [1.165, 1.54) is 0 Å². The molecule has 1 unspecified atom stereocenters. The van der Waals surface area contributed by atoms with Crippen LogP contribution in [0.1, 0.15) is 10.4 Å². The molecule has 2 rings (SSSR count). The van der Waals surface area contributed by atoms with Crippen molar-refractivity contribution in [3.05, 3.63) is 73.3 Å². The van der Waals surface area contributed by atoms with Gasteiger partial charge in [0.1, 0.15) is 6.17 Å². The van der Waals surface area contributed by atoms with E-state index >= 15 is 0 Å². The Morgan fingerprint density at radius 2 is 1.55 bits per heavy atom. The van der Waals surface area contributed by atoms with E-state index in [0.29, 0.717) is 16.8 Å². The van der Waals surface area contributed by atoms with Crippen LogP contribution in [-0.2, 0) is 0 Å². The summed E-state index contributed by atoms with van der Waals surface area (Å²) in [5, 5.41) is 29.9. The molecule has 0 aliphatic rings. The summed E-state index contributed by atoms with van der Waals surface area (Å²) in [7, 11) is 0. The maximum absolute atomic E-state index is 12.6. The van der Waals surface area contributed by atoms with Gasteiger partial charge in [0.25, 0.3) is 17.3 Å². The van der Waals surface area contributed by atoms with Crippen LogP contribution in [-0.4, -0.2) is 30.8 Å². The Kier molecular flexibility index (Phi) is 8.21. The number of hydrogen-bond donors (Lipinski definition) is 3. The predicted molar refractivity (Wildman–Crippen MR) is 122 cm³/mol. The average molecular weight is 527 g/mol. The maximum Gasteiger partial charge on any atom is 0.277 e. The predicted octanol–water partition coefficient (Wildman–Crippen LogP) is 4.57. The smallest absolute Gasteiger partial charge is 0.277 e. The van der Waals surface area contributed by atoms with Crippen molar-refractivity contribution in [2.75, 3.05) is 5.32 Å². The molecule has 0 aliphatic carbocycles. The number of anilines is 1. The number of hydrogen-bond acceptors (Lipinski definition) is 6. The molecule has 0 radical (unpaired) electrons. The first kappa shape index (κ1) is 24.8. The van der Waals surface area contributed by atoms with Gasteiger partial charge in [0.2, 0.25) is 3.79 Å². The molecule has 1 amide bonds. The van der Waals surface area contributed by atoms with E-state index in [-0.39, 0.29) is 5.11 Å². The van der Waals surface area contributed by atoms with Crippen molar-refractivity contribution < 1.29 is 14.6 Å². The van der Waals surface area contributed by atoms with Gasteiger partial charge in [-0.2, -0.15) is 0 Å². The summed E-state index contributed by atoms with van der Waals surface area (Å²) in [5.74, 6) is -0.990. The molecule has 1 atom stereocenters. The first-order valence-corrected chi connectivity index (χ1v) is 9.94. The van der Waals surface area contributed by atoms with E-state index in [9.17, 15) is 25.0 Å². The number of halogens is 4. The maximum atomic E-state index is 12.6. The largest absolute Gasteiger partial charge is 0.339 e. The first-order chi connectivity index (χ1) is 14.4. The van der Waals surface area contributed by atoms with Crippen LogP contribution in [0.15, 0.2) is 42.5 Å². The molecule has 0 aliphatic heterocycles. The molecule has 0 aromatic heterocycles. The van der Waals surface area contributed by atoms with E-state index in [1.807, 2.05) is 0 Å². The number of thiocarbonyl (C=S) groups is 1. The molecule has 2 aromatic rings. The Hall–Kier alpha value is -2.44. The van der Waals surface area contributed by atoms with Crippen molar-refractivity contribution in [2.24, 2.45) is 0 Å². The monoisotopic (exact) mass is 525 g/mol. The third kappa shape index (κ3) is 7.04. The van der Waals surface area contributed by atoms with E-state index < -0.39 is 42.7 Å². The van der Waals surface area contributed by atoms with E-state index in [0.717, 1.165) is 12.1 Å². The number of carbonyl (C=O) groups is 1. The van der Waals surface area contributed by atoms with E-state index in [1.54, 1.807) is 24.3 Å². The summed E-state index contributed by atoms with van der Waals surface area (Å²) < 4.78 is -2.13. The van der Waals surface area contributed by atoms with Gasteiger partial charge in [0.15, 0.2) is 5.11 Å². The van der Waals surface area contributed by atoms with Crippen molar-refractivity contribution in [2.45, 2.75) is 9.96 Å². The minimum atomic E-state index is -2.13. The van der Waals surface area contributed by atoms with E-state index in [2.05, 4.69) is 16.0 Å². The molecule has 10 nitrogen and oxygen atoms in total. The highest BCUT2D eigenvalue weighted by molar-refractivity contribution is 7.80. The molecule has 0 fully saturated rings. The Labute approximate surface area is 200 Å². The number of nitro benzene ring substituents is 2. The number of nitrogens with zero attached hydrogens (tertiary/aromatic N) is 2. The summed E-state index contributed by atoms with van der Waals surface area (Å²) in [6.07, 6.45) is -1.43. The number of nitrogens with one attached hydrogen (secondary N) is 3. The third-order valence-corrected chi connectivity index (χ3v) is 4.79. The lowest BCUT2D eigenvalue weighted by Crippen LogP contribution is -2.56. The number of para-hydroxylation sites is 1. The van der Waals surface area contributed by atoms with Crippen molar-refractivity contribution in [1.82, 2.24) is 10.6 Å². The fourth-order valence-corrected chi connectivity index (χ4v) is 2.94. The van der Waals surface area contributed by atoms with Gasteiger partial charge < -0.3 is 16.0 Å². The quantitative estimate of drug-likeness (QED) is 0.163. The fraction of sp³-hybridized carbons (Fsp3) is 0.125. The molecule has 0 spiro atoms. The Morgan fingerprint density at radius 1 is 1.00 bits per heavy atom. The molecule has 0 bridgehead atoms. The molecular weight excluding hydrogens is 516 g/mol. The van der Waals surface area contributed by atoms with Crippen molar-refractivity contribution in [3.8, 4) is 0 Å². The lowest BCUT2D eigenvalue weighted by Gasteiger charge is -2.27. The van der Waals surface area contributed by atoms with Gasteiger partial charge in [-0.1, -0.05) is 58.5 Å².